The van der Waals surface area contributed by atoms with Gasteiger partial charge >= 0.3 is 0 Å². The van der Waals surface area contributed by atoms with Crippen LogP contribution in [-0.4, -0.2) is 9.55 Å². The maximum absolute atomic E-state index is 6.24. The molecule has 3 heteroatoms. The first-order valence-corrected chi connectivity index (χ1v) is 6.07. The molecule has 0 saturated carbocycles. The summed E-state index contributed by atoms with van der Waals surface area (Å²) in [5.41, 5.74) is 14.0. The molecule has 0 aromatic carbocycles. The van der Waals surface area contributed by atoms with Crippen LogP contribution in [0.3, 0.4) is 0 Å². The van der Waals surface area contributed by atoms with Gasteiger partial charge in [-0.05, 0) is 32.3 Å². The summed E-state index contributed by atoms with van der Waals surface area (Å²) in [6, 6.07) is 0. The molecule has 0 fully saturated rings. The summed E-state index contributed by atoms with van der Waals surface area (Å²) in [7, 11) is 2.07. The van der Waals surface area contributed by atoms with Crippen LogP contribution >= 0.6 is 0 Å². The fourth-order valence-corrected chi connectivity index (χ4v) is 2.54. The summed E-state index contributed by atoms with van der Waals surface area (Å²) in [4.78, 5) is 4.74. The van der Waals surface area contributed by atoms with Crippen molar-refractivity contribution in [3.8, 4) is 0 Å². The third kappa shape index (κ3) is 1.53. The molecule has 0 amide bonds. The molecule has 2 heterocycles. The lowest BCUT2D eigenvalue weighted by Gasteiger charge is -2.08. The second-order valence-electron chi connectivity index (χ2n) is 5.15. The molecule has 0 radical (unpaired) electrons. The van der Waals surface area contributed by atoms with Gasteiger partial charge in [0.05, 0.1) is 16.7 Å². The van der Waals surface area contributed by atoms with Crippen molar-refractivity contribution in [2.24, 2.45) is 7.05 Å². The van der Waals surface area contributed by atoms with Crippen LogP contribution in [0.2, 0.25) is 0 Å². The van der Waals surface area contributed by atoms with E-state index in [1.165, 1.54) is 11.3 Å². The maximum Gasteiger partial charge on any atom is 0.0942 e. The SMILES string of the molecule is Cc1nc2c(C(C)C)c(C)n(C)c2c(N)c1C. The molecule has 0 spiro atoms. The fraction of sp³-hybridized carbons (Fsp3) is 0.500. The molecule has 92 valence electrons. The Hall–Kier alpha value is -1.51. The molecule has 0 aliphatic carbocycles. The van der Waals surface area contributed by atoms with E-state index in [0.717, 1.165) is 28.0 Å². The van der Waals surface area contributed by atoms with Crippen molar-refractivity contribution >= 4 is 16.7 Å². The Bertz CT molecular complexity index is 592. The van der Waals surface area contributed by atoms with Crippen molar-refractivity contribution in [2.75, 3.05) is 5.73 Å². The van der Waals surface area contributed by atoms with Crippen molar-refractivity contribution in [3.63, 3.8) is 0 Å². The first-order valence-electron chi connectivity index (χ1n) is 6.07. The van der Waals surface area contributed by atoms with Crippen LogP contribution in [0, 0.1) is 20.8 Å². The molecule has 0 atom stereocenters. The lowest BCUT2D eigenvalue weighted by molar-refractivity contribution is 0.828. The van der Waals surface area contributed by atoms with Gasteiger partial charge in [0.1, 0.15) is 0 Å². The third-order valence-corrected chi connectivity index (χ3v) is 3.77. The van der Waals surface area contributed by atoms with E-state index in [1.807, 2.05) is 13.8 Å². The predicted octanol–water partition coefficient (Wildman–Crippen LogP) is 3.20. The molecule has 0 bridgehead atoms. The van der Waals surface area contributed by atoms with Gasteiger partial charge in [0, 0.05) is 24.0 Å². The summed E-state index contributed by atoms with van der Waals surface area (Å²) >= 11 is 0. The first kappa shape index (κ1) is 12.0. The van der Waals surface area contributed by atoms with Crippen LogP contribution in [0.4, 0.5) is 5.69 Å². The number of hydrogen-bond acceptors (Lipinski definition) is 2. The Labute approximate surface area is 103 Å². The lowest BCUT2D eigenvalue weighted by atomic mass is 10.0. The highest BCUT2D eigenvalue weighted by molar-refractivity contribution is 5.93. The number of fused-ring (bicyclic) bond motifs is 1. The number of nitrogens with two attached hydrogens (primary N) is 1. The number of anilines is 1. The zero-order chi connectivity index (χ0) is 12.9. The summed E-state index contributed by atoms with van der Waals surface area (Å²) in [6.45, 7) is 10.6. The fourth-order valence-electron chi connectivity index (χ4n) is 2.54. The van der Waals surface area contributed by atoms with Crippen molar-refractivity contribution in [1.29, 1.82) is 0 Å². The Balaban J connectivity index is 3.01. The predicted molar refractivity (Wildman–Crippen MR) is 73.4 cm³/mol. The molecule has 0 unspecified atom stereocenters. The zero-order valence-electron chi connectivity index (χ0n) is 11.5. The first-order chi connectivity index (χ1) is 7.86. The average molecular weight is 231 g/mol. The molecule has 0 aliphatic rings. The Kier molecular flexibility index (Phi) is 2.64. The van der Waals surface area contributed by atoms with Crippen molar-refractivity contribution in [1.82, 2.24) is 9.55 Å². The van der Waals surface area contributed by atoms with Gasteiger partial charge in [-0.1, -0.05) is 13.8 Å². The second kappa shape index (κ2) is 3.76. The Morgan fingerprint density at radius 1 is 1.18 bits per heavy atom. The van der Waals surface area contributed by atoms with E-state index in [0.29, 0.717) is 5.92 Å². The van der Waals surface area contributed by atoms with Gasteiger partial charge < -0.3 is 10.3 Å². The number of rotatable bonds is 1. The van der Waals surface area contributed by atoms with Crippen LogP contribution in [0.15, 0.2) is 0 Å². The molecule has 3 nitrogen and oxygen atoms in total. The molecule has 2 aromatic heterocycles. The summed E-state index contributed by atoms with van der Waals surface area (Å²) in [5, 5.41) is 0. The number of hydrogen-bond donors (Lipinski definition) is 1. The average Bonchev–Trinajstić information content (AvgIpc) is 2.48. The molecule has 17 heavy (non-hydrogen) atoms. The quantitative estimate of drug-likeness (QED) is 0.819. The highest BCUT2D eigenvalue weighted by Crippen LogP contribution is 2.34. The molecule has 2 aromatic rings. The van der Waals surface area contributed by atoms with Crippen LogP contribution in [0.25, 0.3) is 11.0 Å². The van der Waals surface area contributed by atoms with E-state index in [9.17, 15) is 0 Å². The van der Waals surface area contributed by atoms with Gasteiger partial charge in [-0.15, -0.1) is 0 Å². The molecular weight excluding hydrogens is 210 g/mol. The monoisotopic (exact) mass is 231 g/mol. The van der Waals surface area contributed by atoms with E-state index in [1.54, 1.807) is 0 Å². The molecule has 0 aliphatic heterocycles. The van der Waals surface area contributed by atoms with E-state index in [-0.39, 0.29) is 0 Å². The molecular formula is C14H21N3. The number of aryl methyl sites for hydroxylation is 2. The lowest BCUT2D eigenvalue weighted by Crippen LogP contribution is -2.00. The standard InChI is InChI=1S/C14H21N3/c1-7(2)11-10(5)17(6)14-12(15)8(3)9(4)16-13(11)14/h7H,1-6H3,(H2,15,16). The second-order valence-corrected chi connectivity index (χ2v) is 5.15. The highest BCUT2D eigenvalue weighted by atomic mass is 15.0. The third-order valence-electron chi connectivity index (χ3n) is 3.77. The highest BCUT2D eigenvalue weighted by Gasteiger charge is 2.19. The molecule has 2 N–H and O–H groups in total. The summed E-state index contributed by atoms with van der Waals surface area (Å²) in [5.74, 6) is 0.465. The van der Waals surface area contributed by atoms with Crippen molar-refractivity contribution in [3.05, 3.63) is 22.5 Å². The maximum atomic E-state index is 6.24. The minimum Gasteiger partial charge on any atom is -0.397 e. The largest absolute Gasteiger partial charge is 0.397 e. The Morgan fingerprint density at radius 2 is 1.76 bits per heavy atom. The number of nitrogens with zero attached hydrogens (tertiary/aromatic N) is 2. The van der Waals surface area contributed by atoms with Crippen LogP contribution in [0.5, 0.6) is 0 Å². The van der Waals surface area contributed by atoms with E-state index in [4.69, 9.17) is 10.7 Å². The van der Waals surface area contributed by atoms with E-state index >= 15 is 0 Å². The minimum absolute atomic E-state index is 0.465. The van der Waals surface area contributed by atoms with Gasteiger partial charge in [0.15, 0.2) is 0 Å². The smallest absolute Gasteiger partial charge is 0.0942 e. The van der Waals surface area contributed by atoms with Gasteiger partial charge in [0.25, 0.3) is 0 Å². The Morgan fingerprint density at radius 3 is 2.29 bits per heavy atom. The van der Waals surface area contributed by atoms with Crippen LogP contribution < -0.4 is 5.73 Å². The summed E-state index contributed by atoms with van der Waals surface area (Å²) < 4.78 is 2.17. The number of nitrogen functional groups attached to an aromatic ring is 1. The van der Waals surface area contributed by atoms with Gasteiger partial charge in [-0.25, -0.2) is 0 Å². The van der Waals surface area contributed by atoms with Gasteiger partial charge in [-0.3, -0.25) is 4.98 Å². The minimum atomic E-state index is 0.465. The van der Waals surface area contributed by atoms with Gasteiger partial charge in [-0.2, -0.15) is 0 Å². The summed E-state index contributed by atoms with van der Waals surface area (Å²) in [6.07, 6.45) is 0. The van der Waals surface area contributed by atoms with Crippen molar-refractivity contribution in [2.45, 2.75) is 40.5 Å². The van der Waals surface area contributed by atoms with Crippen LogP contribution in [0.1, 0.15) is 42.3 Å². The molecule has 2 rings (SSSR count). The van der Waals surface area contributed by atoms with Gasteiger partial charge in [0.2, 0.25) is 0 Å². The van der Waals surface area contributed by atoms with Crippen LogP contribution in [-0.2, 0) is 7.05 Å². The normalized spacial score (nSPS) is 11.7. The van der Waals surface area contributed by atoms with E-state index < -0.39 is 0 Å². The molecule has 0 saturated heterocycles. The van der Waals surface area contributed by atoms with Crippen molar-refractivity contribution < 1.29 is 0 Å². The zero-order valence-corrected chi connectivity index (χ0v) is 11.5. The number of aromatic nitrogens is 2. The number of pyridine rings is 1. The van der Waals surface area contributed by atoms with E-state index in [2.05, 4.69) is 32.4 Å². The topological polar surface area (TPSA) is 43.8 Å².